The van der Waals surface area contributed by atoms with Gasteiger partial charge in [-0.05, 0) is 90.0 Å². The van der Waals surface area contributed by atoms with E-state index in [1.54, 1.807) is 0 Å². The Labute approximate surface area is 222 Å². The van der Waals surface area contributed by atoms with Crippen LogP contribution in [0, 0.1) is 6.57 Å². The molecule has 38 heavy (non-hydrogen) atoms. The lowest BCUT2D eigenvalue weighted by Crippen LogP contribution is -1.88. The zero-order valence-electron chi connectivity index (χ0n) is 20.7. The lowest BCUT2D eigenvalue weighted by molar-refractivity contribution is 1.62. The van der Waals surface area contributed by atoms with Crippen LogP contribution in [0.4, 0.5) is 5.69 Å². The summed E-state index contributed by atoms with van der Waals surface area (Å²) in [6, 6.07) is 49.3. The minimum atomic E-state index is 0.646. The predicted molar refractivity (Wildman–Crippen MR) is 162 cm³/mol. The van der Waals surface area contributed by atoms with Gasteiger partial charge in [-0.3, -0.25) is 0 Å². The molecule has 0 saturated carbocycles. The van der Waals surface area contributed by atoms with Gasteiger partial charge in [0.15, 0.2) is 5.69 Å². The molecular weight excluding hydrogens is 458 g/mol. The van der Waals surface area contributed by atoms with Crippen molar-refractivity contribution in [1.82, 2.24) is 0 Å². The number of hydrogen-bond acceptors (Lipinski definition) is 0. The van der Waals surface area contributed by atoms with E-state index in [0.717, 1.165) is 22.3 Å². The largest absolute Gasteiger partial charge is 0.238 e. The fourth-order valence-electron chi connectivity index (χ4n) is 5.61. The summed E-state index contributed by atoms with van der Waals surface area (Å²) in [6.45, 7) is 7.80. The summed E-state index contributed by atoms with van der Waals surface area (Å²) in [4.78, 5) is 3.83. The standard InChI is InChI=1S/C37H23N/c1-38-31-23-29(28-18-17-25-9-2-3-11-27(25)21-28)22-30(24-31)33-19-20-37(36-15-7-6-14-34(33)36)35-16-8-12-26-10-4-5-13-32(26)35/h2-24H. The first kappa shape index (κ1) is 22.0. The van der Waals surface area contributed by atoms with Crippen LogP contribution in [0.1, 0.15) is 0 Å². The highest BCUT2D eigenvalue weighted by atomic mass is 14.6. The predicted octanol–water partition coefficient (Wildman–Crippen LogP) is 10.7. The van der Waals surface area contributed by atoms with Crippen molar-refractivity contribution in [2.45, 2.75) is 0 Å². The van der Waals surface area contributed by atoms with Crippen LogP contribution < -0.4 is 0 Å². The van der Waals surface area contributed by atoms with Gasteiger partial charge in [-0.15, -0.1) is 0 Å². The lowest BCUT2D eigenvalue weighted by Gasteiger charge is -2.15. The molecule has 0 heterocycles. The summed E-state index contributed by atoms with van der Waals surface area (Å²) < 4.78 is 0. The average molecular weight is 482 g/mol. The van der Waals surface area contributed by atoms with Crippen LogP contribution in [-0.4, -0.2) is 0 Å². The molecule has 0 aliphatic carbocycles. The summed E-state index contributed by atoms with van der Waals surface area (Å²) in [6.07, 6.45) is 0. The number of nitrogens with zero attached hydrogens (tertiary/aromatic N) is 1. The van der Waals surface area contributed by atoms with Gasteiger partial charge in [0, 0.05) is 0 Å². The van der Waals surface area contributed by atoms with E-state index in [9.17, 15) is 0 Å². The first-order valence-electron chi connectivity index (χ1n) is 12.8. The first-order valence-corrected chi connectivity index (χ1v) is 12.8. The molecule has 0 aliphatic heterocycles. The Hall–Kier alpha value is -5.19. The molecule has 0 amide bonds. The van der Waals surface area contributed by atoms with Crippen LogP contribution in [0.3, 0.4) is 0 Å². The van der Waals surface area contributed by atoms with Gasteiger partial charge in [-0.1, -0.05) is 115 Å². The Bertz CT molecular complexity index is 2040. The first-order chi connectivity index (χ1) is 18.8. The monoisotopic (exact) mass is 481 g/mol. The van der Waals surface area contributed by atoms with E-state index in [1.807, 2.05) is 12.1 Å². The second-order valence-corrected chi connectivity index (χ2v) is 9.68. The van der Waals surface area contributed by atoms with Crippen LogP contribution in [0.15, 0.2) is 140 Å². The normalized spacial score (nSPS) is 11.1. The molecule has 7 rings (SSSR count). The Morgan fingerprint density at radius 2 is 0.974 bits per heavy atom. The van der Waals surface area contributed by atoms with Gasteiger partial charge < -0.3 is 0 Å². The van der Waals surface area contributed by atoms with E-state index in [2.05, 4.69) is 132 Å². The molecular formula is C37H23N. The second-order valence-electron chi connectivity index (χ2n) is 9.68. The molecule has 0 aliphatic rings. The van der Waals surface area contributed by atoms with Gasteiger partial charge in [0.05, 0.1) is 6.57 Å². The molecule has 0 fully saturated rings. The fourth-order valence-corrected chi connectivity index (χ4v) is 5.61. The van der Waals surface area contributed by atoms with Gasteiger partial charge >= 0.3 is 0 Å². The molecule has 176 valence electrons. The lowest BCUT2D eigenvalue weighted by atomic mass is 9.89. The Balaban J connectivity index is 1.43. The Kier molecular flexibility index (Phi) is 5.24. The molecule has 7 aromatic carbocycles. The molecule has 0 atom stereocenters. The van der Waals surface area contributed by atoms with Crippen LogP contribution in [0.25, 0.3) is 70.5 Å². The SMILES string of the molecule is [C-]#[N+]c1cc(-c2ccc3ccccc3c2)cc(-c2ccc(-c3cccc4ccccc34)c3ccccc23)c1. The number of fused-ring (bicyclic) bond motifs is 3. The second kappa shape index (κ2) is 9.04. The Morgan fingerprint density at radius 3 is 1.79 bits per heavy atom. The van der Waals surface area contributed by atoms with Gasteiger partial charge in [-0.2, -0.15) is 0 Å². The third-order valence-corrected chi connectivity index (χ3v) is 7.44. The fraction of sp³-hybridized carbons (Fsp3) is 0. The van der Waals surface area contributed by atoms with Crippen LogP contribution in [0.5, 0.6) is 0 Å². The molecule has 7 aromatic rings. The van der Waals surface area contributed by atoms with Gasteiger partial charge in [0.25, 0.3) is 0 Å². The molecule has 1 heteroatoms. The summed E-state index contributed by atoms with van der Waals surface area (Å²) >= 11 is 0. The molecule has 0 spiro atoms. The van der Waals surface area contributed by atoms with Crippen molar-refractivity contribution in [2.75, 3.05) is 0 Å². The third-order valence-electron chi connectivity index (χ3n) is 7.44. The number of rotatable bonds is 3. The van der Waals surface area contributed by atoms with Crippen molar-refractivity contribution in [3.63, 3.8) is 0 Å². The van der Waals surface area contributed by atoms with Crippen molar-refractivity contribution >= 4 is 38.0 Å². The topological polar surface area (TPSA) is 4.36 Å². The minimum Gasteiger partial charge on any atom is -0.238 e. The summed E-state index contributed by atoms with van der Waals surface area (Å²) in [7, 11) is 0. The van der Waals surface area contributed by atoms with E-state index in [-0.39, 0.29) is 0 Å². The van der Waals surface area contributed by atoms with E-state index in [4.69, 9.17) is 6.57 Å². The molecule has 0 N–H and O–H groups in total. The summed E-state index contributed by atoms with van der Waals surface area (Å²) in [5.74, 6) is 0. The quantitative estimate of drug-likeness (QED) is 0.221. The van der Waals surface area contributed by atoms with Crippen molar-refractivity contribution in [1.29, 1.82) is 0 Å². The molecule has 0 aromatic heterocycles. The van der Waals surface area contributed by atoms with Crippen molar-refractivity contribution in [3.8, 4) is 33.4 Å². The average Bonchev–Trinajstić information content (AvgIpc) is 2.99. The van der Waals surface area contributed by atoms with Gasteiger partial charge in [0.1, 0.15) is 0 Å². The van der Waals surface area contributed by atoms with Crippen LogP contribution >= 0.6 is 0 Å². The molecule has 1 nitrogen and oxygen atoms in total. The maximum absolute atomic E-state index is 7.80. The van der Waals surface area contributed by atoms with Crippen LogP contribution in [-0.2, 0) is 0 Å². The number of hydrogen-bond donors (Lipinski definition) is 0. The van der Waals surface area contributed by atoms with Crippen molar-refractivity contribution in [3.05, 3.63) is 151 Å². The molecule has 0 radical (unpaired) electrons. The third kappa shape index (κ3) is 3.72. The van der Waals surface area contributed by atoms with Gasteiger partial charge in [0.2, 0.25) is 0 Å². The molecule has 0 unspecified atom stereocenters. The van der Waals surface area contributed by atoms with E-state index in [1.165, 1.54) is 43.4 Å². The van der Waals surface area contributed by atoms with Gasteiger partial charge in [-0.25, -0.2) is 4.85 Å². The van der Waals surface area contributed by atoms with Crippen molar-refractivity contribution in [2.24, 2.45) is 0 Å². The van der Waals surface area contributed by atoms with E-state index >= 15 is 0 Å². The van der Waals surface area contributed by atoms with E-state index in [0.29, 0.717) is 5.69 Å². The molecule has 0 bridgehead atoms. The highest BCUT2D eigenvalue weighted by Gasteiger charge is 2.13. The highest BCUT2D eigenvalue weighted by molar-refractivity contribution is 6.10. The highest BCUT2D eigenvalue weighted by Crippen LogP contribution is 2.40. The number of benzene rings is 7. The summed E-state index contributed by atoms with van der Waals surface area (Å²) in [5, 5.41) is 7.30. The maximum atomic E-state index is 7.80. The zero-order chi connectivity index (χ0) is 25.5. The zero-order valence-corrected chi connectivity index (χ0v) is 20.7. The summed E-state index contributed by atoms with van der Waals surface area (Å²) in [5.41, 5.74) is 7.47. The van der Waals surface area contributed by atoms with E-state index < -0.39 is 0 Å². The Morgan fingerprint density at radius 1 is 0.368 bits per heavy atom. The van der Waals surface area contributed by atoms with Crippen LogP contribution in [0.2, 0.25) is 0 Å². The maximum Gasteiger partial charge on any atom is 0.188 e. The van der Waals surface area contributed by atoms with Crippen molar-refractivity contribution < 1.29 is 0 Å². The smallest absolute Gasteiger partial charge is 0.188 e. The molecule has 0 saturated heterocycles. The minimum absolute atomic E-state index is 0.646.